The molecule has 6 nitrogen and oxygen atoms in total. The van der Waals surface area contributed by atoms with E-state index in [4.69, 9.17) is 5.84 Å². The third-order valence-corrected chi connectivity index (χ3v) is 3.55. The first-order chi connectivity index (χ1) is 9.13. The van der Waals surface area contributed by atoms with Crippen molar-refractivity contribution in [1.29, 1.82) is 0 Å². The molecule has 0 radical (unpaired) electrons. The van der Waals surface area contributed by atoms with Crippen LogP contribution in [0.1, 0.15) is 27.9 Å². The Balaban J connectivity index is 2.11. The smallest absolute Gasteiger partial charge is 0.259 e. The summed E-state index contributed by atoms with van der Waals surface area (Å²) in [4.78, 5) is 21.5. The molecule has 19 heavy (non-hydrogen) atoms. The van der Waals surface area contributed by atoms with Crippen LogP contribution in [0.25, 0.3) is 0 Å². The Hall–Kier alpha value is -1.99. The summed E-state index contributed by atoms with van der Waals surface area (Å²) in [5.74, 6) is 5.49. The standard InChI is InChI=1S/C12H15N5OS/c1-3-9-7(2)19-12(15-9)16-11(18)8-4-5-10(17-13)14-6-8/h4-6H,3,13H2,1-2H3,(H,14,17)(H,15,16,18). The monoisotopic (exact) mass is 277 g/mol. The van der Waals surface area contributed by atoms with Crippen LogP contribution in [-0.4, -0.2) is 15.9 Å². The fourth-order valence-corrected chi connectivity index (χ4v) is 2.49. The van der Waals surface area contributed by atoms with Gasteiger partial charge in [-0.05, 0) is 25.5 Å². The van der Waals surface area contributed by atoms with Crippen molar-refractivity contribution in [2.45, 2.75) is 20.3 Å². The van der Waals surface area contributed by atoms with Crippen LogP contribution in [0.4, 0.5) is 10.9 Å². The summed E-state index contributed by atoms with van der Waals surface area (Å²) in [6, 6.07) is 3.29. The van der Waals surface area contributed by atoms with E-state index in [0.717, 1.165) is 17.0 Å². The summed E-state index contributed by atoms with van der Waals surface area (Å²) < 4.78 is 0. The van der Waals surface area contributed by atoms with Gasteiger partial charge in [0.15, 0.2) is 5.13 Å². The lowest BCUT2D eigenvalue weighted by Gasteiger charge is -2.02. The average molecular weight is 277 g/mol. The molecule has 100 valence electrons. The van der Waals surface area contributed by atoms with Gasteiger partial charge in [-0.3, -0.25) is 10.1 Å². The predicted molar refractivity (Wildman–Crippen MR) is 76.2 cm³/mol. The Morgan fingerprint density at radius 2 is 2.26 bits per heavy atom. The molecular weight excluding hydrogens is 262 g/mol. The number of nitrogens with one attached hydrogen (secondary N) is 2. The topological polar surface area (TPSA) is 92.9 Å². The molecule has 0 fully saturated rings. The molecule has 0 aromatic carbocycles. The lowest BCUT2D eigenvalue weighted by Crippen LogP contribution is -2.13. The zero-order valence-electron chi connectivity index (χ0n) is 10.7. The van der Waals surface area contributed by atoms with Crippen molar-refractivity contribution in [2.24, 2.45) is 5.84 Å². The van der Waals surface area contributed by atoms with Crippen molar-refractivity contribution >= 4 is 28.2 Å². The summed E-state index contributed by atoms with van der Waals surface area (Å²) in [7, 11) is 0. The number of hydrogen-bond acceptors (Lipinski definition) is 6. The van der Waals surface area contributed by atoms with Crippen LogP contribution in [0.2, 0.25) is 0 Å². The first kappa shape index (κ1) is 13.4. The third-order valence-electron chi connectivity index (χ3n) is 2.62. The molecule has 0 saturated heterocycles. The number of carbonyl (C=O) groups excluding carboxylic acids is 1. The maximum atomic E-state index is 12.0. The molecule has 2 heterocycles. The number of aromatic nitrogens is 2. The zero-order valence-corrected chi connectivity index (χ0v) is 11.5. The second-order valence-electron chi connectivity index (χ2n) is 3.91. The van der Waals surface area contributed by atoms with Crippen LogP contribution in [0.15, 0.2) is 18.3 Å². The minimum Gasteiger partial charge on any atom is -0.308 e. The first-order valence-electron chi connectivity index (χ1n) is 5.84. The highest BCUT2D eigenvalue weighted by Crippen LogP contribution is 2.22. The number of hydrazine groups is 1. The summed E-state index contributed by atoms with van der Waals surface area (Å²) >= 11 is 1.47. The summed E-state index contributed by atoms with van der Waals surface area (Å²) in [5.41, 5.74) is 3.89. The molecular formula is C12H15N5OS. The van der Waals surface area contributed by atoms with E-state index in [-0.39, 0.29) is 5.91 Å². The van der Waals surface area contributed by atoms with Crippen molar-refractivity contribution in [3.8, 4) is 0 Å². The molecule has 0 spiro atoms. The van der Waals surface area contributed by atoms with Crippen LogP contribution in [0, 0.1) is 6.92 Å². The van der Waals surface area contributed by atoms with Crippen LogP contribution < -0.4 is 16.6 Å². The Bertz CT molecular complexity index is 578. The molecule has 0 unspecified atom stereocenters. The molecule has 0 bridgehead atoms. The highest BCUT2D eigenvalue weighted by molar-refractivity contribution is 7.15. The van der Waals surface area contributed by atoms with E-state index < -0.39 is 0 Å². The largest absolute Gasteiger partial charge is 0.308 e. The minimum atomic E-state index is -0.229. The Labute approximate surface area is 115 Å². The molecule has 4 N–H and O–H groups in total. The van der Waals surface area contributed by atoms with Crippen LogP contribution >= 0.6 is 11.3 Å². The number of aryl methyl sites for hydroxylation is 2. The lowest BCUT2D eigenvalue weighted by atomic mass is 10.2. The number of hydrogen-bond donors (Lipinski definition) is 3. The number of thiazole rings is 1. The van der Waals surface area contributed by atoms with Crippen molar-refractivity contribution in [2.75, 3.05) is 10.7 Å². The van der Waals surface area contributed by atoms with E-state index in [1.165, 1.54) is 17.5 Å². The number of anilines is 2. The Kier molecular flexibility index (Phi) is 4.08. The average Bonchev–Trinajstić information content (AvgIpc) is 2.78. The van der Waals surface area contributed by atoms with Gasteiger partial charge in [-0.15, -0.1) is 11.3 Å². The van der Waals surface area contributed by atoms with Gasteiger partial charge in [0.1, 0.15) is 5.82 Å². The lowest BCUT2D eigenvalue weighted by molar-refractivity contribution is 0.102. The number of nitrogens with zero attached hydrogens (tertiary/aromatic N) is 2. The highest BCUT2D eigenvalue weighted by Gasteiger charge is 2.11. The Morgan fingerprint density at radius 1 is 1.47 bits per heavy atom. The molecule has 2 rings (SSSR count). The summed E-state index contributed by atoms with van der Waals surface area (Å²) in [6.45, 7) is 4.03. The number of nitrogen functional groups attached to an aromatic ring is 1. The van der Waals surface area contributed by atoms with Gasteiger partial charge in [-0.2, -0.15) is 0 Å². The quantitative estimate of drug-likeness (QED) is 0.586. The molecule has 0 aliphatic carbocycles. The highest BCUT2D eigenvalue weighted by atomic mass is 32.1. The van der Waals surface area contributed by atoms with E-state index in [1.807, 2.05) is 13.8 Å². The summed E-state index contributed by atoms with van der Waals surface area (Å²) in [5, 5.41) is 3.38. The van der Waals surface area contributed by atoms with Gasteiger partial charge in [-0.1, -0.05) is 6.92 Å². The maximum Gasteiger partial charge on any atom is 0.259 e. The number of amides is 1. The number of carbonyl (C=O) groups is 1. The fourth-order valence-electron chi connectivity index (χ4n) is 1.59. The molecule has 0 aliphatic rings. The van der Waals surface area contributed by atoms with Crippen molar-refractivity contribution < 1.29 is 4.79 Å². The third kappa shape index (κ3) is 3.07. The predicted octanol–water partition coefficient (Wildman–Crippen LogP) is 1.95. The van der Waals surface area contributed by atoms with Crippen molar-refractivity contribution in [3.63, 3.8) is 0 Å². The van der Waals surface area contributed by atoms with Gasteiger partial charge in [-0.25, -0.2) is 15.8 Å². The van der Waals surface area contributed by atoms with Crippen LogP contribution in [0.5, 0.6) is 0 Å². The maximum absolute atomic E-state index is 12.0. The normalized spacial score (nSPS) is 10.3. The first-order valence-corrected chi connectivity index (χ1v) is 6.66. The zero-order chi connectivity index (χ0) is 13.8. The number of rotatable bonds is 4. The molecule has 2 aromatic rings. The summed E-state index contributed by atoms with van der Waals surface area (Å²) in [6.07, 6.45) is 2.32. The molecule has 2 aromatic heterocycles. The molecule has 7 heteroatoms. The van der Waals surface area contributed by atoms with Crippen LogP contribution in [0.3, 0.4) is 0 Å². The molecule has 0 saturated carbocycles. The fraction of sp³-hybridized carbons (Fsp3) is 0.250. The Morgan fingerprint density at radius 3 is 2.79 bits per heavy atom. The van der Waals surface area contributed by atoms with Gasteiger partial charge < -0.3 is 5.43 Å². The van der Waals surface area contributed by atoms with Crippen molar-refractivity contribution in [1.82, 2.24) is 9.97 Å². The minimum absolute atomic E-state index is 0.229. The molecule has 0 atom stereocenters. The van der Waals surface area contributed by atoms with Gasteiger partial charge in [0, 0.05) is 11.1 Å². The molecule has 1 amide bonds. The number of pyridine rings is 1. The second kappa shape index (κ2) is 5.77. The van der Waals surface area contributed by atoms with E-state index in [0.29, 0.717) is 16.5 Å². The van der Waals surface area contributed by atoms with Gasteiger partial charge in [0.05, 0.1) is 11.3 Å². The molecule has 0 aliphatic heterocycles. The van der Waals surface area contributed by atoms with E-state index in [1.54, 1.807) is 12.1 Å². The SMILES string of the molecule is CCc1nc(NC(=O)c2ccc(NN)nc2)sc1C. The van der Waals surface area contributed by atoms with Gasteiger partial charge in [0.2, 0.25) is 0 Å². The van der Waals surface area contributed by atoms with Gasteiger partial charge >= 0.3 is 0 Å². The van der Waals surface area contributed by atoms with Gasteiger partial charge in [0.25, 0.3) is 5.91 Å². The van der Waals surface area contributed by atoms with E-state index in [2.05, 4.69) is 20.7 Å². The van der Waals surface area contributed by atoms with Crippen LogP contribution in [-0.2, 0) is 6.42 Å². The second-order valence-corrected chi connectivity index (χ2v) is 5.11. The van der Waals surface area contributed by atoms with Crippen molar-refractivity contribution in [3.05, 3.63) is 34.5 Å². The number of nitrogens with two attached hydrogens (primary N) is 1. The van der Waals surface area contributed by atoms with E-state index >= 15 is 0 Å². The van der Waals surface area contributed by atoms with E-state index in [9.17, 15) is 4.79 Å².